The smallest absolute Gasteiger partial charge is 0.127 e. The molecule has 2 heteroatoms. The Morgan fingerprint density at radius 1 is 0.938 bits per heavy atom. The molecular formula is C14H14FN. The van der Waals surface area contributed by atoms with Gasteiger partial charge < -0.3 is 5.73 Å². The van der Waals surface area contributed by atoms with Gasteiger partial charge in [-0.1, -0.05) is 48.5 Å². The summed E-state index contributed by atoms with van der Waals surface area (Å²) in [5, 5.41) is 0. The van der Waals surface area contributed by atoms with Gasteiger partial charge in [-0.15, -0.1) is 0 Å². The molecule has 0 saturated heterocycles. The monoisotopic (exact) mass is 215 g/mol. The van der Waals surface area contributed by atoms with E-state index in [4.69, 9.17) is 5.73 Å². The Hall–Kier alpha value is -1.67. The molecule has 2 rings (SSSR count). The average Bonchev–Trinajstić information content (AvgIpc) is 2.31. The quantitative estimate of drug-likeness (QED) is 0.836. The third kappa shape index (κ3) is 2.47. The number of halogens is 1. The van der Waals surface area contributed by atoms with Crippen LogP contribution in [0.2, 0.25) is 0 Å². The van der Waals surface area contributed by atoms with Crippen molar-refractivity contribution in [1.82, 2.24) is 0 Å². The minimum Gasteiger partial charge on any atom is -0.324 e. The lowest BCUT2D eigenvalue weighted by atomic mass is 9.99. The Kier molecular flexibility index (Phi) is 3.32. The van der Waals surface area contributed by atoms with Crippen LogP contribution in [0.4, 0.5) is 4.39 Å². The van der Waals surface area contributed by atoms with Gasteiger partial charge in [-0.3, -0.25) is 0 Å². The minimum absolute atomic E-state index is 0.231. The summed E-state index contributed by atoms with van der Waals surface area (Å²) in [6.07, 6.45) is 0.655. The normalized spacial score (nSPS) is 12.4. The second kappa shape index (κ2) is 4.90. The number of nitrogens with two attached hydrogens (primary N) is 1. The standard InChI is InChI=1S/C14H14FN/c15-13-9-5-4-8-12(13)14(16)10-11-6-2-1-3-7-11/h1-9,14H,10,16H2/t14-/m0/s1. The zero-order chi connectivity index (χ0) is 11.4. The van der Waals surface area contributed by atoms with Crippen LogP contribution in [-0.2, 0) is 6.42 Å². The molecule has 16 heavy (non-hydrogen) atoms. The summed E-state index contributed by atoms with van der Waals surface area (Å²) < 4.78 is 13.5. The fourth-order valence-corrected chi connectivity index (χ4v) is 1.75. The van der Waals surface area contributed by atoms with E-state index in [9.17, 15) is 4.39 Å². The van der Waals surface area contributed by atoms with E-state index in [0.717, 1.165) is 5.56 Å². The molecule has 0 spiro atoms. The topological polar surface area (TPSA) is 26.0 Å². The van der Waals surface area contributed by atoms with E-state index < -0.39 is 0 Å². The first-order valence-corrected chi connectivity index (χ1v) is 5.31. The zero-order valence-electron chi connectivity index (χ0n) is 8.94. The molecule has 1 nitrogen and oxygen atoms in total. The van der Waals surface area contributed by atoms with Crippen molar-refractivity contribution in [2.75, 3.05) is 0 Å². The van der Waals surface area contributed by atoms with Gasteiger partial charge in [0.05, 0.1) is 0 Å². The van der Waals surface area contributed by atoms with E-state index in [2.05, 4.69) is 0 Å². The third-order valence-corrected chi connectivity index (χ3v) is 2.60. The third-order valence-electron chi connectivity index (χ3n) is 2.60. The Bertz CT molecular complexity index is 453. The molecule has 0 unspecified atom stereocenters. The summed E-state index contributed by atoms with van der Waals surface area (Å²) >= 11 is 0. The Balaban J connectivity index is 2.15. The largest absolute Gasteiger partial charge is 0.324 e. The van der Waals surface area contributed by atoms with E-state index >= 15 is 0 Å². The van der Waals surface area contributed by atoms with Crippen molar-refractivity contribution in [2.45, 2.75) is 12.5 Å². The van der Waals surface area contributed by atoms with E-state index in [1.165, 1.54) is 6.07 Å². The van der Waals surface area contributed by atoms with Crippen molar-refractivity contribution < 1.29 is 4.39 Å². The number of hydrogen-bond donors (Lipinski definition) is 1. The van der Waals surface area contributed by atoms with Gasteiger partial charge in [0.15, 0.2) is 0 Å². The van der Waals surface area contributed by atoms with Crippen molar-refractivity contribution >= 4 is 0 Å². The molecule has 2 aromatic carbocycles. The van der Waals surface area contributed by atoms with Crippen LogP contribution in [0.5, 0.6) is 0 Å². The van der Waals surface area contributed by atoms with Crippen molar-refractivity contribution in [3.05, 3.63) is 71.5 Å². The predicted octanol–water partition coefficient (Wildman–Crippen LogP) is 3.07. The molecule has 0 saturated carbocycles. The molecule has 0 aromatic heterocycles. The zero-order valence-corrected chi connectivity index (χ0v) is 8.94. The maximum atomic E-state index is 13.5. The van der Waals surface area contributed by atoms with Crippen molar-refractivity contribution in [3.63, 3.8) is 0 Å². The number of rotatable bonds is 3. The Morgan fingerprint density at radius 3 is 2.25 bits per heavy atom. The van der Waals surface area contributed by atoms with Gasteiger partial charge in [-0.25, -0.2) is 4.39 Å². The molecular weight excluding hydrogens is 201 g/mol. The van der Waals surface area contributed by atoms with Gasteiger partial charge in [0.1, 0.15) is 5.82 Å². The first-order chi connectivity index (χ1) is 7.77. The van der Waals surface area contributed by atoms with Crippen LogP contribution in [0.3, 0.4) is 0 Å². The van der Waals surface area contributed by atoms with Crippen LogP contribution < -0.4 is 5.73 Å². The van der Waals surface area contributed by atoms with Gasteiger partial charge >= 0.3 is 0 Å². The highest BCUT2D eigenvalue weighted by Gasteiger charge is 2.10. The fourth-order valence-electron chi connectivity index (χ4n) is 1.75. The number of benzene rings is 2. The average molecular weight is 215 g/mol. The first-order valence-electron chi connectivity index (χ1n) is 5.31. The molecule has 0 amide bonds. The van der Waals surface area contributed by atoms with E-state index in [1.807, 2.05) is 36.4 Å². The van der Waals surface area contributed by atoms with Crippen molar-refractivity contribution in [2.24, 2.45) is 5.73 Å². The highest BCUT2D eigenvalue weighted by molar-refractivity contribution is 5.24. The molecule has 2 aromatic rings. The second-order valence-corrected chi connectivity index (χ2v) is 3.82. The lowest BCUT2D eigenvalue weighted by Crippen LogP contribution is -2.14. The van der Waals surface area contributed by atoms with Crippen molar-refractivity contribution in [3.8, 4) is 0 Å². The molecule has 1 atom stereocenters. The molecule has 0 bridgehead atoms. The highest BCUT2D eigenvalue weighted by atomic mass is 19.1. The second-order valence-electron chi connectivity index (χ2n) is 3.82. The van der Waals surface area contributed by atoms with Gasteiger partial charge in [0.2, 0.25) is 0 Å². The van der Waals surface area contributed by atoms with E-state index in [-0.39, 0.29) is 11.9 Å². The summed E-state index contributed by atoms with van der Waals surface area (Å²) in [7, 11) is 0. The van der Waals surface area contributed by atoms with Gasteiger partial charge in [-0.2, -0.15) is 0 Å². The molecule has 82 valence electrons. The predicted molar refractivity (Wildman–Crippen MR) is 63.5 cm³/mol. The maximum absolute atomic E-state index is 13.5. The van der Waals surface area contributed by atoms with E-state index in [0.29, 0.717) is 12.0 Å². The fraction of sp³-hybridized carbons (Fsp3) is 0.143. The summed E-state index contributed by atoms with van der Waals surface area (Å²) in [5.41, 5.74) is 7.69. The summed E-state index contributed by atoms with van der Waals surface area (Å²) in [6, 6.07) is 16.3. The summed E-state index contributed by atoms with van der Waals surface area (Å²) in [6.45, 7) is 0. The van der Waals surface area contributed by atoms with Gasteiger partial charge in [0.25, 0.3) is 0 Å². The van der Waals surface area contributed by atoms with E-state index in [1.54, 1.807) is 12.1 Å². The molecule has 0 radical (unpaired) electrons. The lowest BCUT2D eigenvalue weighted by Gasteiger charge is -2.12. The van der Waals surface area contributed by atoms with Crippen LogP contribution in [-0.4, -0.2) is 0 Å². The Morgan fingerprint density at radius 2 is 1.56 bits per heavy atom. The molecule has 2 N–H and O–H groups in total. The summed E-state index contributed by atoms with van der Waals surface area (Å²) in [5.74, 6) is -0.231. The molecule has 0 heterocycles. The number of hydrogen-bond acceptors (Lipinski definition) is 1. The van der Waals surface area contributed by atoms with Crippen LogP contribution in [0, 0.1) is 5.82 Å². The lowest BCUT2D eigenvalue weighted by molar-refractivity contribution is 0.580. The van der Waals surface area contributed by atoms with Gasteiger partial charge in [-0.05, 0) is 18.1 Å². The SMILES string of the molecule is N[C@@H](Cc1ccccc1)c1ccccc1F. The van der Waals surface area contributed by atoms with Gasteiger partial charge in [0, 0.05) is 11.6 Å². The van der Waals surface area contributed by atoms with Crippen molar-refractivity contribution in [1.29, 1.82) is 0 Å². The summed E-state index contributed by atoms with van der Waals surface area (Å²) in [4.78, 5) is 0. The van der Waals surface area contributed by atoms with Crippen LogP contribution in [0.15, 0.2) is 54.6 Å². The first kappa shape index (κ1) is 10.8. The van der Waals surface area contributed by atoms with Crippen LogP contribution in [0.25, 0.3) is 0 Å². The molecule has 0 aliphatic heterocycles. The maximum Gasteiger partial charge on any atom is 0.127 e. The molecule has 0 aliphatic rings. The highest BCUT2D eigenvalue weighted by Crippen LogP contribution is 2.18. The Labute approximate surface area is 94.7 Å². The molecule has 0 fully saturated rings. The minimum atomic E-state index is -0.288. The molecule has 0 aliphatic carbocycles. The van der Waals surface area contributed by atoms with Crippen LogP contribution in [0.1, 0.15) is 17.2 Å². The van der Waals surface area contributed by atoms with Crippen LogP contribution >= 0.6 is 0 Å².